The molecule has 2 atom stereocenters. The van der Waals surface area contributed by atoms with Crippen molar-refractivity contribution >= 4 is 29.7 Å². The minimum Gasteiger partial charge on any atom is -0.480 e. The van der Waals surface area contributed by atoms with Crippen LogP contribution in [0.1, 0.15) is 19.3 Å². The second-order valence-electron chi connectivity index (χ2n) is 4.33. The highest BCUT2D eigenvalue weighted by Crippen LogP contribution is 2.04. The summed E-state index contributed by atoms with van der Waals surface area (Å²) in [4.78, 5) is 33.6. The van der Waals surface area contributed by atoms with Gasteiger partial charge in [-0.25, -0.2) is 9.59 Å². The van der Waals surface area contributed by atoms with E-state index in [1.165, 1.54) is 11.8 Å². The van der Waals surface area contributed by atoms with Crippen LogP contribution >= 0.6 is 11.8 Å². The Morgan fingerprint density at radius 1 is 1.58 bits per heavy atom. The van der Waals surface area contributed by atoms with E-state index in [9.17, 15) is 14.4 Å². The highest BCUT2D eigenvalue weighted by atomic mass is 32.2. The Morgan fingerprint density at radius 2 is 2.32 bits per heavy atom. The number of carboxylic acids is 1. The number of hydrogen-bond donors (Lipinski definition) is 4. The molecule has 0 bridgehead atoms. The number of carbonyl (C=O) groups excluding carboxylic acids is 2. The van der Waals surface area contributed by atoms with E-state index in [1.54, 1.807) is 0 Å². The summed E-state index contributed by atoms with van der Waals surface area (Å²) >= 11 is 1.53. The molecule has 1 rings (SSSR count). The van der Waals surface area contributed by atoms with Gasteiger partial charge in [0.05, 0.1) is 0 Å². The fraction of sp³-hybridized carbons (Fsp3) is 0.727. The van der Waals surface area contributed by atoms with Gasteiger partial charge in [0, 0.05) is 19.0 Å². The lowest BCUT2D eigenvalue weighted by Gasteiger charge is -2.24. The van der Waals surface area contributed by atoms with Crippen LogP contribution in [0.2, 0.25) is 0 Å². The van der Waals surface area contributed by atoms with Crippen LogP contribution < -0.4 is 16.0 Å². The monoisotopic (exact) mass is 289 g/mol. The minimum absolute atomic E-state index is 0.0261. The Bertz CT molecular complexity index is 341. The molecule has 19 heavy (non-hydrogen) atoms. The van der Waals surface area contributed by atoms with E-state index >= 15 is 0 Å². The molecule has 0 aromatic rings. The fourth-order valence-electron chi connectivity index (χ4n) is 1.73. The average Bonchev–Trinajstić information content (AvgIpc) is 2.37. The van der Waals surface area contributed by atoms with Gasteiger partial charge in [0.15, 0.2) is 0 Å². The minimum atomic E-state index is -1.04. The summed E-state index contributed by atoms with van der Waals surface area (Å²) in [5.41, 5.74) is 0. The van der Waals surface area contributed by atoms with Gasteiger partial charge in [0.25, 0.3) is 0 Å². The summed E-state index contributed by atoms with van der Waals surface area (Å²) in [6.07, 6.45) is 3.20. The maximum Gasteiger partial charge on any atom is 0.326 e. The van der Waals surface area contributed by atoms with Crippen LogP contribution in [0.4, 0.5) is 4.79 Å². The predicted molar refractivity (Wildman–Crippen MR) is 72.1 cm³/mol. The van der Waals surface area contributed by atoms with E-state index in [0.717, 1.165) is 0 Å². The number of urea groups is 1. The van der Waals surface area contributed by atoms with Crippen molar-refractivity contribution in [3.05, 3.63) is 0 Å². The van der Waals surface area contributed by atoms with Crippen molar-refractivity contribution < 1.29 is 19.5 Å². The molecular weight excluding hydrogens is 270 g/mol. The summed E-state index contributed by atoms with van der Waals surface area (Å²) in [5.74, 6) is -0.403. The zero-order valence-corrected chi connectivity index (χ0v) is 11.6. The molecule has 0 spiro atoms. The van der Waals surface area contributed by atoms with E-state index in [2.05, 4.69) is 16.0 Å². The Kier molecular flexibility index (Phi) is 6.48. The van der Waals surface area contributed by atoms with Crippen LogP contribution in [0, 0.1) is 0 Å². The predicted octanol–water partition coefficient (Wildman–Crippen LogP) is -0.229. The van der Waals surface area contributed by atoms with Crippen molar-refractivity contribution in [1.29, 1.82) is 0 Å². The summed E-state index contributed by atoms with van der Waals surface area (Å²) in [6, 6.07) is -1.53. The number of aliphatic carboxylic acids is 1. The first-order chi connectivity index (χ1) is 9.02. The lowest BCUT2D eigenvalue weighted by atomic mass is 10.1. The third-order valence-corrected chi connectivity index (χ3v) is 3.46. The molecule has 1 fully saturated rings. The first-order valence-corrected chi connectivity index (χ1v) is 7.47. The normalized spacial score (nSPS) is 20.3. The van der Waals surface area contributed by atoms with Crippen molar-refractivity contribution in [2.45, 2.75) is 31.3 Å². The standard InChI is InChI=1S/C11H19N3O4S/c1-19-5-4-8(10(16)17)14-11(18)13-7-2-3-9(15)12-6-7/h7-8H,2-6H2,1H3,(H,12,15)(H,16,17)(H2,13,14,18). The number of carbonyl (C=O) groups is 3. The molecule has 7 nitrogen and oxygen atoms in total. The number of hydrogen-bond acceptors (Lipinski definition) is 4. The van der Waals surface area contributed by atoms with Crippen molar-refractivity contribution in [3.8, 4) is 0 Å². The summed E-state index contributed by atoms with van der Waals surface area (Å²) in [5, 5.41) is 16.7. The van der Waals surface area contributed by atoms with Crippen molar-refractivity contribution in [2.75, 3.05) is 18.6 Å². The van der Waals surface area contributed by atoms with E-state index in [4.69, 9.17) is 5.11 Å². The summed E-state index contributed by atoms with van der Waals surface area (Å²) in [7, 11) is 0. The molecule has 1 heterocycles. The molecule has 2 unspecified atom stereocenters. The van der Waals surface area contributed by atoms with Crippen LogP contribution in [0.3, 0.4) is 0 Å². The Hall–Kier alpha value is -1.44. The topological polar surface area (TPSA) is 108 Å². The number of piperidine rings is 1. The maximum absolute atomic E-state index is 11.7. The first-order valence-electron chi connectivity index (χ1n) is 6.08. The quantitative estimate of drug-likeness (QED) is 0.540. The van der Waals surface area contributed by atoms with Crippen molar-refractivity contribution in [1.82, 2.24) is 16.0 Å². The second-order valence-corrected chi connectivity index (χ2v) is 5.32. The van der Waals surface area contributed by atoms with E-state index in [-0.39, 0.29) is 11.9 Å². The molecule has 0 saturated carbocycles. The zero-order chi connectivity index (χ0) is 14.3. The number of amides is 3. The largest absolute Gasteiger partial charge is 0.480 e. The average molecular weight is 289 g/mol. The van der Waals surface area contributed by atoms with E-state index in [0.29, 0.717) is 31.6 Å². The Balaban J connectivity index is 2.35. The summed E-state index contributed by atoms with van der Waals surface area (Å²) < 4.78 is 0. The molecule has 1 aliphatic heterocycles. The van der Waals surface area contributed by atoms with Gasteiger partial charge in [0.2, 0.25) is 5.91 Å². The van der Waals surface area contributed by atoms with Gasteiger partial charge in [-0.1, -0.05) is 0 Å². The van der Waals surface area contributed by atoms with Crippen molar-refractivity contribution in [2.24, 2.45) is 0 Å². The molecule has 3 amide bonds. The second kappa shape index (κ2) is 7.88. The number of nitrogens with one attached hydrogen (secondary N) is 3. The Labute approximate surface area is 115 Å². The lowest BCUT2D eigenvalue weighted by molar-refractivity contribution is -0.139. The smallest absolute Gasteiger partial charge is 0.326 e. The molecule has 4 N–H and O–H groups in total. The molecule has 0 aromatic heterocycles. The van der Waals surface area contributed by atoms with E-state index in [1.807, 2.05) is 6.26 Å². The van der Waals surface area contributed by atoms with Crippen LogP contribution in [-0.4, -0.2) is 53.7 Å². The van der Waals surface area contributed by atoms with Crippen LogP contribution in [-0.2, 0) is 9.59 Å². The van der Waals surface area contributed by atoms with E-state index < -0.39 is 18.0 Å². The molecule has 108 valence electrons. The molecule has 0 aromatic carbocycles. The zero-order valence-electron chi connectivity index (χ0n) is 10.8. The van der Waals surface area contributed by atoms with Crippen LogP contribution in [0.15, 0.2) is 0 Å². The fourth-order valence-corrected chi connectivity index (χ4v) is 2.21. The lowest BCUT2D eigenvalue weighted by Crippen LogP contribution is -2.53. The van der Waals surface area contributed by atoms with Crippen molar-refractivity contribution in [3.63, 3.8) is 0 Å². The number of thioether (sulfide) groups is 1. The molecule has 1 saturated heterocycles. The first kappa shape index (κ1) is 15.6. The molecule has 1 aliphatic rings. The summed E-state index contributed by atoms with van der Waals surface area (Å²) in [6.45, 7) is 0.384. The van der Waals surface area contributed by atoms with Gasteiger partial charge in [-0.05, 0) is 24.9 Å². The highest BCUT2D eigenvalue weighted by Gasteiger charge is 2.23. The molecule has 0 aliphatic carbocycles. The molecular formula is C11H19N3O4S. The maximum atomic E-state index is 11.7. The molecule has 8 heteroatoms. The number of rotatable bonds is 6. The van der Waals surface area contributed by atoms with Gasteiger partial charge in [-0.2, -0.15) is 11.8 Å². The highest BCUT2D eigenvalue weighted by molar-refractivity contribution is 7.98. The van der Waals surface area contributed by atoms with Gasteiger partial charge >= 0.3 is 12.0 Å². The van der Waals surface area contributed by atoms with Crippen LogP contribution in [0.25, 0.3) is 0 Å². The van der Waals surface area contributed by atoms with Gasteiger partial charge in [-0.3, -0.25) is 4.79 Å². The molecule has 0 radical (unpaired) electrons. The van der Waals surface area contributed by atoms with Gasteiger partial charge < -0.3 is 21.1 Å². The van der Waals surface area contributed by atoms with Gasteiger partial charge in [-0.15, -0.1) is 0 Å². The number of carboxylic acid groups (broad SMARTS) is 1. The third kappa shape index (κ3) is 5.82. The van der Waals surface area contributed by atoms with Gasteiger partial charge in [0.1, 0.15) is 6.04 Å². The SMILES string of the molecule is CSCCC(NC(=O)NC1CCC(=O)NC1)C(=O)O. The Morgan fingerprint density at radius 3 is 2.84 bits per heavy atom. The van der Waals surface area contributed by atoms with Crippen LogP contribution in [0.5, 0.6) is 0 Å². The third-order valence-electron chi connectivity index (χ3n) is 2.81.